The molecule has 0 bridgehead atoms. The van der Waals surface area contributed by atoms with Gasteiger partial charge in [-0.05, 0) is 17.9 Å². The molecule has 0 unspecified atom stereocenters. The molecule has 0 spiro atoms. The van der Waals surface area contributed by atoms with Crippen LogP contribution < -0.4 is 0 Å². The van der Waals surface area contributed by atoms with Crippen molar-refractivity contribution >= 4 is 11.6 Å². The molecule has 0 aliphatic heterocycles. The third kappa shape index (κ3) is 7.60. The van der Waals surface area contributed by atoms with E-state index in [0.29, 0.717) is 22.3 Å². The molecule has 0 amide bonds. The van der Waals surface area contributed by atoms with Gasteiger partial charge < -0.3 is 0 Å². The van der Waals surface area contributed by atoms with Gasteiger partial charge in [-0.1, -0.05) is 133 Å². The number of aryl methyl sites for hydroxylation is 1. The largest absolute Gasteiger partial charge is 0.289 e. The van der Waals surface area contributed by atoms with E-state index >= 15 is 0 Å². The van der Waals surface area contributed by atoms with E-state index in [1.54, 1.807) is 24.3 Å². The molecule has 0 radical (unpaired) electrons. The predicted octanol–water partition coefficient (Wildman–Crippen LogP) is 8.20. The van der Waals surface area contributed by atoms with Crippen LogP contribution in [0.5, 0.6) is 0 Å². The standard InChI is InChI=1S/C25H24O2.C3H8.C2H6/c1-17-5-7-18(8-6-17)23(26)19-9-11-20(12-10-19)24(27)21-13-15-22(16-14-21)25(2,3)4;1-3-2;1-2/h5-16H,1-4H3;3H2,1-2H3;1-2H3. The fourth-order valence-corrected chi connectivity index (χ4v) is 2.93. The van der Waals surface area contributed by atoms with Crippen LogP contribution in [-0.4, -0.2) is 11.6 Å². The van der Waals surface area contributed by atoms with Gasteiger partial charge in [-0.25, -0.2) is 0 Å². The summed E-state index contributed by atoms with van der Waals surface area (Å²) in [6.45, 7) is 16.7. The summed E-state index contributed by atoms with van der Waals surface area (Å²) in [5, 5.41) is 0. The minimum atomic E-state index is -0.0384. The van der Waals surface area contributed by atoms with Gasteiger partial charge in [0, 0.05) is 22.3 Å². The summed E-state index contributed by atoms with van der Waals surface area (Å²) in [6, 6.07) is 22.1. The molecular weight excluding hydrogens is 392 g/mol. The van der Waals surface area contributed by atoms with Crippen molar-refractivity contribution in [3.05, 3.63) is 106 Å². The fourth-order valence-electron chi connectivity index (χ4n) is 2.93. The molecule has 2 heteroatoms. The summed E-state index contributed by atoms with van der Waals surface area (Å²) in [5.74, 6) is -0.0756. The quantitative estimate of drug-likeness (QED) is 0.391. The highest BCUT2D eigenvalue weighted by atomic mass is 16.1. The molecule has 0 atom stereocenters. The van der Waals surface area contributed by atoms with Crippen LogP contribution in [0.25, 0.3) is 0 Å². The molecule has 0 saturated carbocycles. The number of hydrogen-bond acceptors (Lipinski definition) is 2. The average molecular weight is 431 g/mol. The van der Waals surface area contributed by atoms with Crippen LogP contribution in [0.3, 0.4) is 0 Å². The number of carbonyl (C=O) groups excluding carboxylic acids is 2. The van der Waals surface area contributed by atoms with Crippen molar-refractivity contribution in [1.82, 2.24) is 0 Å². The van der Waals surface area contributed by atoms with Crippen molar-refractivity contribution in [2.75, 3.05) is 0 Å². The van der Waals surface area contributed by atoms with Crippen molar-refractivity contribution in [3.63, 3.8) is 0 Å². The molecule has 0 aliphatic carbocycles. The molecule has 0 saturated heterocycles. The summed E-state index contributed by atoms with van der Waals surface area (Å²) in [7, 11) is 0. The maximum absolute atomic E-state index is 12.7. The minimum Gasteiger partial charge on any atom is -0.289 e. The number of ketones is 2. The Morgan fingerprint density at radius 3 is 1.12 bits per heavy atom. The summed E-state index contributed by atoms with van der Waals surface area (Å²) < 4.78 is 0. The van der Waals surface area contributed by atoms with Gasteiger partial charge in [0.1, 0.15) is 0 Å². The maximum Gasteiger partial charge on any atom is 0.193 e. The number of rotatable bonds is 4. The van der Waals surface area contributed by atoms with Crippen LogP contribution in [0.15, 0.2) is 72.8 Å². The van der Waals surface area contributed by atoms with E-state index in [1.165, 1.54) is 12.0 Å². The van der Waals surface area contributed by atoms with Crippen molar-refractivity contribution in [3.8, 4) is 0 Å². The van der Waals surface area contributed by atoms with E-state index in [1.807, 2.05) is 69.3 Å². The van der Waals surface area contributed by atoms with Crippen LogP contribution in [0.4, 0.5) is 0 Å². The lowest BCUT2D eigenvalue weighted by atomic mass is 9.86. The summed E-state index contributed by atoms with van der Waals surface area (Å²) in [6.07, 6.45) is 1.25. The zero-order valence-electron chi connectivity index (χ0n) is 21.0. The number of hydrogen-bond donors (Lipinski definition) is 0. The van der Waals surface area contributed by atoms with Crippen LogP contribution in [0.1, 0.15) is 97.9 Å². The van der Waals surface area contributed by atoms with Crippen LogP contribution in [0, 0.1) is 6.92 Å². The van der Waals surface area contributed by atoms with Gasteiger partial charge in [-0.2, -0.15) is 0 Å². The van der Waals surface area contributed by atoms with Crippen molar-refractivity contribution in [2.24, 2.45) is 0 Å². The first kappa shape index (κ1) is 27.0. The Hall–Kier alpha value is -3.00. The Bertz CT molecular complexity index is 971. The Morgan fingerprint density at radius 1 is 0.594 bits per heavy atom. The van der Waals surface area contributed by atoms with Gasteiger partial charge in [0.05, 0.1) is 0 Å². The summed E-state index contributed by atoms with van der Waals surface area (Å²) in [4.78, 5) is 25.3. The van der Waals surface area contributed by atoms with Crippen molar-refractivity contribution in [1.29, 1.82) is 0 Å². The predicted molar refractivity (Wildman–Crippen MR) is 137 cm³/mol. The second-order valence-corrected chi connectivity index (χ2v) is 8.64. The molecular formula is C30H38O2. The molecule has 3 rings (SSSR count). The molecule has 170 valence electrons. The van der Waals surface area contributed by atoms with E-state index in [9.17, 15) is 9.59 Å². The highest BCUT2D eigenvalue weighted by Gasteiger charge is 2.16. The molecule has 2 nitrogen and oxygen atoms in total. The summed E-state index contributed by atoms with van der Waals surface area (Å²) >= 11 is 0. The smallest absolute Gasteiger partial charge is 0.193 e. The summed E-state index contributed by atoms with van der Waals surface area (Å²) in [5.41, 5.74) is 4.83. The molecule has 3 aromatic carbocycles. The molecule has 3 aromatic rings. The first-order valence-electron chi connectivity index (χ1n) is 11.5. The lowest BCUT2D eigenvalue weighted by molar-refractivity contribution is 0.102. The lowest BCUT2D eigenvalue weighted by Crippen LogP contribution is -2.11. The van der Waals surface area contributed by atoms with Gasteiger partial charge in [0.25, 0.3) is 0 Å². The Balaban J connectivity index is 0.000000944. The average Bonchev–Trinajstić information content (AvgIpc) is 2.80. The van der Waals surface area contributed by atoms with Crippen molar-refractivity contribution in [2.45, 2.75) is 67.2 Å². The molecule has 0 N–H and O–H groups in total. The van der Waals surface area contributed by atoms with Gasteiger partial charge in [0.15, 0.2) is 11.6 Å². The fraction of sp³-hybridized carbons (Fsp3) is 0.333. The van der Waals surface area contributed by atoms with Gasteiger partial charge >= 0.3 is 0 Å². The van der Waals surface area contributed by atoms with Crippen LogP contribution in [-0.2, 0) is 5.41 Å². The number of benzene rings is 3. The lowest BCUT2D eigenvalue weighted by Gasteiger charge is -2.19. The second-order valence-electron chi connectivity index (χ2n) is 8.64. The zero-order valence-corrected chi connectivity index (χ0v) is 21.0. The third-order valence-electron chi connectivity index (χ3n) is 4.74. The maximum atomic E-state index is 12.7. The van der Waals surface area contributed by atoms with E-state index in [-0.39, 0.29) is 17.0 Å². The highest BCUT2D eigenvalue weighted by molar-refractivity contribution is 6.11. The van der Waals surface area contributed by atoms with Crippen LogP contribution >= 0.6 is 0 Å². The SMILES string of the molecule is CC.CCC.Cc1ccc(C(=O)c2ccc(C(=O)c3ccc(C(C)(C)C)cc3)cc2)cc1. The van der Waals surface area contributed by atoms with Gasteiger partial charge in [-0.3, -0.25) is 9.59 Å². The first-order chi connectivity index (χ1) is 15.2. The Kier molecular flexibility index (Phi) is 10.8. The third-order valence-corrected chi connectivity index (χ3v) is 4.74. The Morgan fingerprint density at radius 2 is 0.844 bits per heavy atom. The van der Waals surface area contributed by atoms with Crippen LogP contribution in [0.2, 0.25) is 0 Å². The molecule has 32 heavy (non-hydrogen) atoms. The molecule has 0 fully saturated rings. The molecule has 0 heterocycles. The normalized spacial score (nSPS) is 10.2. The van der Waals surface area contributed by atoms with E-state index < -0.39 is 0 Å². The highest BCUT2D eigenvalue weighted by Crippen LogP contribution is 2.23. The zero-order chi connectivity index (χ0) is 24.3. The topological polar surface area (TPSA) is 34.1 Å². The molecule has 0 aromatic heterocycles. The Labute approximate surface area is 194 Å². The van der Waals surface area contributed by atoms with Gasteiger partial charge in [-0.15, -0.1) is 0 Å². The van der Waals surface area contributed by atoms with E-state index in [0.717, 1.165) is 5.56 Å². The van der Waals surface area contributed by atoms with E-state index in [4.69, 9.17) is 0 Å². The monoisotopic (exact) mass is 430 g/mol. The van der Waals surface area contributed by atoms with E-state index in [2.05, 4.69) is 34.6 Å². The molecule has 0 aliphatic rings. The second kappa shape index (κ2) is 12.8. The number of carbonyl (C=O) groups is 2. The van der Waals surface area contributed by atoms with Crippen molar-refractivity contribution < 1.29 is 9.59 Å². The first-order valence-corrected chi connectivity index (χ1v) is 11.5. The minimum absolute atomic E-state index is 0.0372. The van der Waals surface area contributed by atoms with Gasteiger partial charge in [0.2, 0.25) is 0 Å².